The van der Waals surface area contributed by atoms with Gasteiger partial charge in [0.25, 0.3) is 5.91 Å². The maximum absolute atomic E-state index is 12.6. The average molecular weight is 353 g/mol. The second-order valence-corrected chi connectivity index (χ2v) is 5.69. The molecule has 0 aliphatic rings. The number of H-pyrrole nitrogens is 1. The summed E-state index contributed by atoms with van der Waals surface area (Å²) in [5.41, 5.74) is 3.37. The Kier molecular flexibility index (Phi) is 4.83. The Hall–Kier alpha value is -3.42. The molecule has 0 aliphatic carbocycles. The molecule has 0 saturated carbocycles. The van der Waals surface area contributed by atoms with Crippen LogP contribution in [0.25, 0.3) is 5.69 Å². The molecule has 0 atom stereocenters. The van der Waals surface area contributed by atoms with E-state index >= 15 is 0 Å². The molecule has 0 saturated heterocycles. The van der Waals surface area contributed by atoms with Crippen LogP contribution in [0.4, 0.5) is 5.69 Å². The lowest BCUT2D eigenvalue weighted by atomic mass is 10.1. The van der Waals surface area contributed by atoms with E-state index in [-0.39, 0.29) is 12.5 Å². The van der Waals surface area contributed by atoms with Crippen LogP contribution in [0.5, 0.6) is 0 Å². The van der Waals surface area contributed by atoms with E-state index in [1.165, 1.54) is 6.33 Å². The van der Waals surface area contributed by atoms with Crippen LogP contribution in [0.3, 0.4) is 0 Å². The molecule has 0 fully saturated rings. The Morgan fingerprint density at radius 2 is 1.96 bits per heavy atom. The molecule has 8 nitrogen and oxygen atoms in total. The maximum atomic E-state index is 12.6. The van der Waals surface area contributed by atoms with Crippen molar-refractivity contribution in [3.8, 4) is 5.69 Å². The molecule has 3 aromatic rings. The summed E-state index contributed by atoms with van der Waals surface area (Å²) in [5.74, 6) is -0.760. The smallest absolute Gasteiger partial charge is 0.340 e. The first-order valence-corrected chi connectivity index (χ1v) is 8.14. The molecule has 0 unspecified atom stereocenters. The lowest BCUT2D eigenvalue weighted by Crippen LogP contribution is -2.14. The molecule has 2 heterocycles. The van der Waals surface area contributed by atoms with E-state index < -0.39 is 5.97 Å². The molecule has 1 aromatic carbocycles. The molecular formula is C18H19N5O3. The van der Waals surface area contributed by atoms with E-state index in [0.717, 1.165) is 5.69 Å². The fourth-order valence-corrected chi connectivity index (χ4v) is 2.72. The van der Waals surface area contributed by atoms with Crippen LogP contribution < -0.4 is 5.32 Å². The highest BCUT2D eigenvalue weighted by molar-refractivity contribution is 6.06. The van der Waals surface area contributed by atoms with E-state index in [4.69, 9.17) is 4.74 Å². The van der Waals surface area contributed by atoms with E-state index in [1.54, 1.807) is 43.9 Å². The van der Waals surface area contributed by atoms with Crippen molar-refractivity contribution in [2.24, 2.45) is 0 Å². The summed E-state index contributed by atoms with van der Waals surface area (Å²) in [6.45, 7) is 5.48. The predicted octanol–water partition coefficient (Wildman–Crippen LogP) is 2.64. The fourth-order valence-electron chi connectivity index (χ4n) is 2.72. The number of aromatic amines is 1. The summed E-state index contributed by atoms with van der Waals surface area (Å²) >= 11 is 0. The van der Waals surface area contributed by atoms with Gasteiger partial charge in [-0.3, -0.25) is 4.79 Å². The molecule has 8 heteroatoms. The summed E-state index contributed by atoms with van der Waals surface area (Å²) in [6, 6.07) is 7.18. The number of rotatable bonds is 5. The normalized spacial score (nSPS) is 10.6. The highest BCUT2D eigenvalue weighted by Crippen LogP contribution is 2.21. The molecule has 26 heavy (non-hydrogen) atoms. The second kappa shape index (κ2) is 7.22. The van der Waals surface area contributed by atoms with Gasteiger partial charge in [0, 0.05) is 11.4 Å². The van der Waals surface area contributed by atoms with Gasteiger partial charge in [-0.15, -0.1) is 0 Å². The zero-order chi connectivity index (χ0) is 18.7. The second-order valence-electron chi connectivity index (χ2n) is 5.69. The molecule has 2 N–H and O–H groups in total. The first-order valence-electron chi connectivity index (χ1n) is 8.14. The molecule has 0 spiro atoms. The van der Waals surface area contributed by atoms with Crippen molar-refractivity contribution in [3.05, 3.63) is 59.4 Å². The number of esters is 1. The number of amides is 1. The topological polar surface area (TPSA) is 102 Å². The van der Waals surface area contributed by atoms with Crippen molar-refractivity contribution in [2.75, 3.05) is 11.9 Å². The van der Waals surface area contributed by atoms with Crippen LogP contribution in [0.1, 0.15) is 39.0 Å². The number of ether oxygens (including phenoxy) is 1. The lowest BCUT2D eigenvalue weighted by Gasteiger charge is -2.07. The SMILES string of the molecule is CCOC(=O)c1c(C)[nH]c(C(=O)Nc2ccc(-n3cncn3)cc2)c1C. The third-order valence-electron chi connectivity index (χ3n) is 3.95. The Labute approximate surface area is 150 Å². The van der Waals surface area contributed by atoms with Gasteiger partial charge in [0.05, 0.1) is 17.9 Å². The van der Waals surface area contributed by atoms with Crippen LogP contribution in [0, 0.1) is 13.8 Å². The molecular weight excluding hydrogens is 334 g/mol. The molecule has 2 aromatic heterocycles. The largest absolute Gasteiger partial charge is 0.462 e. The molecule has 1 amide bonds. The number of carbonyl (C=O) groups excluding carboxylic acids is 2. The number of nitrogens with one attached hydrogen (secondary N) is 2. The minimum atomic E-state index is -0.435. The lowest BCUT2D eigenvalue weighted by molar-refractivity contribution is 0.0525. The Morgan fingerprint density at radius 1 is 1.23 bits per heavy atom. The average Bonchev–Trinajstić information content (AvgIpc) is 3.24. The van der Waals surface area contributed by atoms with Crippen molar-refractivity contribution in [1.82, 2.24) is 19.7 Å². The number of anilines is 1. The number of hydrogen-bond donors (Lipinski definition) is 2. The third-order valence-corrected chi connectivity index (χ3v) is 3.95. The van der Waals surface area contributed by atoms with Crippen molar-refractivity contribution in [2.45, 2.75) is 20.8 Å². The van der Waals surface area contributed by atoms with Gasteiger partial charge in [-0.1, -0.05) is 0 Å². The Bertz CT molecular complexity index is 927. The highest BCUT2D eigenvalue weighted by Gasteiger charge is 2.22. The predicted molar refractivity (Wildman–Crippen MR) is 95.5 cm³/mol. The van der Waals surface area contributed by atoms with Crippen molar-refractivity contribution >= 4 is 17.6 Å². The minimum Gasteiger partial charge on any atom is -0.462 e. The summed E-state index contributed by atoms with van der Waals surface area (Å²) in [5, 5.41) is 6.87. The number of aryl methyl sites for hydroxylation is 1. The molecule has 134 valence electrons. The third kappa shape index (κ3) is 3.34. The summed E-state index contributed by atoms with van der Waals surface area (Å²) in [6.07, 6.45) is 3.04. The Morgan fingerprint density at radius 3 is 2.58 bits per heavy atom. The molecule has 0 aliphatic heterocycles. The minimum absolute atomic E-state index is 0.280. The summed E-state index contributed by atoms with van der Waals surface area (Å²) in [4.78, 5) is 31.5. The summed E-state index contributed by atoms with van der Waals surface area (Å²) < 4.78 is 6.67. The Balaban J connectivity index is 1.78. The molecule has 3 rings (SSSR count). The highest BCUT2D eigenvalue weighted by atomic mass is 16.5. The zero-order valence-electron chi connectivity index (χ0n) is 14.7. The number of benzene rings is 1. The number of aromatic nitrogens is 4. The number of nitrogens with zero attached hydrogens (tertiary/aromatic N) is 3. The first kappa shape index (κ1) is 17.4. The van der Waals surface area contributed by atoms with Crippen molar-refractivity contribution in [1.29, 1.82) is 0 Å². The molecule has 0 bridgehead atoms. The zero-order valence-corrected chi connectivity index (χ0v) is 14.7. The van der Waals surface area contributed by atoms with Crippen molar-refractivity contribution in [3.63, 3.8) is 0 Å². The van der Waals surface area contributed by atoms with Crippen LogP contribution >= 0.6 is 0 Å². The van der Waals surface area contributed by atoms with Crippen LogP contribution in [0.2, 0.25) is 0 Å². The van der Waals surface area contributed by atoms with Gasteiger partial charge in [0.15, 0.2) is 0 Å². The standard InChI is InChI=1S/C18H19N5O3/c1-4-26-18(25)15-11(2)16(21-12(15)3)17(24)22-13-5-7-14(8-6-13)23-10-19-9-20-23/h5-10,21H,4H2,1-3H3,(H,22,24). The van der Waals surface area contributed by atoms with Gasteiger partial charge < -0.3 is 15.0 Å². The number of carbonyl (C=O) groups is 2. The van der Waals surface area contributed by atoms with Gasteiger partial charge >= 0.3 is 5.97 Å². The van der Waals surface area contributed by atoms with E-state index in [1.807, 2.05) is 12.1 Å². The fraction of sp³-hybridized carbons (Fsp3) is 0.222. The van der Waals surface area contributed by atoms with Gasteiger partial charge in [0.2, 0.25) is 0 Å². The quantitative estimate of drug-likeness (QED) is 0.687. The van der Waals surface area contributed by atoms with Gasteiger partial charge in [-0.05, 0) is 50.6 Å². The van der Waals surface area contributed by atoms with Crippen molar-refractivity contribution < 1.29 is 14.3 Å². The number of hydrogen-bond acceptors (Lipinski definition) is 5. The maximum Gasteiger partial charge on any atom is 0.340 e. The van der Waals surface area contributed by atoms with Crippen LogP contribution in [0.15, 0.2) is 36.9 Å². The molecule has 0 radical (unpaired) electrons. The summed E-state index contributed by atoms with van der Waals surface area (Å²) in [7, 11) is 0. The van der Waals surface area contributed by atoms with E-state index in [9.17, 15) is 9.59 Å². The van der Waals surface area contributed by atoms with Gasteiger partial charge in [-0.2, -0.15) is 5.10 Å². The monoisotopic (exact) mass is 353 g/mol. The first-order chi connectivity index (χ1) is 12.5. The van der Waals surface area contributed by atoms with E-state index in [0.29, 0.717) is 28.2 Å². The van der Waals surface area contributed by atoms with E-state index in [2.05, 4.69) is 20.4 Å². The van der Waals surface area contributed by atoms with Crippen LogP contribution in [-0.2, 0) is 4.74 Å². The van der Waals surface area contributed by atoms with Crippen LogP contribution in [-0.4, -0.2) is 38.2 Å². The van der Waals surface area contributed by atoms with Gasteiger partial charge in [0.1, 0.15) is 18.3 Å². The van der Waals surface area contributed by atoms with Gasteiger partial charge in [-0.25, -0.2) is 14.5 Å².